The topological polar surface area (TPSA) is 54.0 Å². The molecule has 0 aliphatic heterocycles. The van der Waals surface area contributed by atoms with Crippen molar-refractivity contribution >= 4 is 17.3 Å². The second kappa shape index (κ2) is 7.90. The summed E-state index contributed by atoms with van der Waals surface area (Å²) in [5.41, 5.74) is 2.30. The van der Waals surface area contributed by atoms with Gasteiger partial charge in [0.25, 0.3) is 5.91 Å². The summed E-state index contributed by atoms with van der Waals surface area (Å²) in [6, 6.07) is 11.0. The Morgan fingerprint density at radius 3 is 2.59 bits per heavy atom. The molecule has 0 saturated carbocycles. The summed E-state index contributed by atoms with van der Waals surface area (Å²) in [6.45, 7) is 2.30. The van der Waals surface area contributed by atoms with Gasteiger partial charge in [-0.1, -0.05) is 24.3 Å². The van der Waals surface area contributed by atoms with E-state index in [0.717, 1.165) is 23.3 Å². The highest BCUT2D eigenvalue weighted by Gasteiger charge is 2.14. The fraction of sp³-hybridized carbons (Fsp3) is 0.100. The Kier molecular flexibility index (Phi) is 5.40. The van der Waals surface area contributed by atoms with Gasteiger partial charge in [0.1, 0.15) is 0 Å². The molecule has 0 aliphatic rings. The number of nitrogens with one attached hydrogen (secondary N) is 2. The van der Waals surface area contributed by atoms with E-state index in [1.54, 1.807) is 0 Å². The number of pyridine rings is 1. The number of nitrogens with zero attached hydrogens (tertiary/aromatic N) is 1. The smallest absolute Gasteiger partial charge is 0.253 e. The van der Waals surface area contributed by atoms with Crippen molar-refractivity contribution in [2.45, 2.75) is 13.5 Å². The Labute approximate surface area is 154 Å². The SMILES string of the molecule is Cc1ccccc1CNC(=O)c1cncc(Nc2ccc(F)c(F)c2F)c1. The Morgan fingerprint density at radius 2 is 1.81 bits per heavy atom. The van der Waals surface area contributed by atoms with Gasteiger partial charge in [-0.05, 0) is 36.2 Å². The van der Waals surface area contributed by atoms with E-state index in [1.165, 1.54) is 18.5 Å². The van der Waals surface area contributed by atoms with Gasteiger partial charge in [0.15, 0.2) is 17.5 Å². The third kappa shape index (κ3) is 4.25. The molecule has 27 heavy (non-hydrogen) atoms. The van der Waals surface area contributed by atoms with Crippen LogP contribution in [0.3, 0.4) is 0 Å². The predicted octanol–water partition coefficient (Wildman–Crippen LogP) is 4.48. The highest BCUT2D eigenvalue weighted by Crippen LogP contribution is 2.23. The molecule has 1 heterocycles. The molecule has 0 saturated heterocycles. The van der Waals surface area contributed by atoms with E-state index in [9.17, 15) is 18.0 Å². The number of benzene rings is 2. The molecule has 0 atom stereocenters. The van der Waals surface area contributed by atoms with Crippen LogP contribution < -0.4 is 10.6 Å². The van der Waals surface area contributed by atoms with Gasteiger partial charge in [0.2, 0.25) is 0 Å². The van der Waals surface area contributed by atoms with Crippen molar-refractivity contribution in [3.63, 3.8) is 0 Å². The van der Waals surface area contributed by atoms with Crippen LogP contribution in [-0.2, 0) is 6.54 Å². The maximum absolute atomic E-state index is 13.8. The fourth-order valence-electron chi connectivity index (χ4n) is 2.50. The number of anilines is 2. The molecule has 4 nitrogen and oxygen atoms in total. The third-order valence-electron chi connectivity index (χ3n) is 4.02. The first kappa shape index (κ1) is 18.4. The van der Waals surface area contributed by atoms with Crippen molar-refractivity contribution < 1.29 is 18.0 Å². The van der Waals surface area contributed by atoms with Crippen LogP contribution in [0.4, 0.5) is 24.5 Å². The van der Waals surface area contributed by atoms with E-state index >= 15 is 0 Å². The fourth-order valence-corrected chi connectivity index (χ4v) is 2.50. The number of carbonyl (C=O) groups is 1. The number of aryl methyl sites for hydroxylation is 1. The first-order chi connectivity index (χ1) is 13.0. The average Bonchev–Trinajstić information content (AvgIpc) is 2.68. The van der Waals surface area contributed by atoms with Crippen LogP contribution in [0.1, 0.15) is 21.5 Å². The maximum atomic E-state index is 13.8. The quantitative estimate of drug-likeness (QED) is 0.650. The number of carbonyl (C=O) groups excluding carboxylic acids is 1. The molecular formula is C20H16F3N3O. The number of aromatic nitrogens is 1. The lowest BCUT2D eigenvalue weighted by atomic mass is 10.1. The Hall–Kier alpha value is -3.35. The summed E-state index contributed by atoms with van der Waals surface area (Å²) in [4.78, 5) is 16.3. The molecule has 0 fully saturated rings. The summed E-state index contributed by atoms with van der Waals surface area (Å²) in [5, 5.41) is 5.38. The molecule has 2 N–H and O–H groups in total. The zero-order valence-electron chi connectivity index (χ0n) is 14.4. The summed E-state index contributed by atoms with van der Waals surface area (Å²) >= 11 is 0. The molecule has 0 spiro atoms. The van der Waals surface area contributed by atoms with Gasteiger partial charge in [-0.15, -0.1) is 0 Å². The van der Waals surface area contributed by atoms with Crippen LogP contribution in [0.15, 0.2) is 54.9 Å². The number of amides is 1. The van der Waals surface area contributed by atoms with Crippen molar-refractivity contribution in [2.24, 2.45) is 0 Å². The number of rotatable bonds is 5. The second-order valence-electron chi connectivity index (χ2n) is 5.92. The second-order valence-corrected chi connectivity index (χ2v) is 5.92. The monoisotopic (exact) mass is 371 g/mol. The van der Waals surface area contributed by atoms with Gasteiger partial charge in [-0.2, -0.15) is 0 Å². The first-order valence-electron chi connectivity index (χ1n) is 8.14. The standard InChI is InChI=1S/C20H16F3N3O/c1-12-4-2-3-5-13(12)10-25-20(27)14-8-15(11-24-9-14)26-17-7-6-16(21)18(22)19(17)23/h2-9,11,26H,10H2,1H3,(H,25,27). The molecule has 138 valence electrons. The Bertz CT molecular complexity index is 992. The van der Waals surface area contributed by atoms with Crippen molar-refractivity contribution in [3.8, 4) is 0 Å². The van der Waals surface area contributed by atoms with Gasteiger partial charge in [0.05, 0.1) is 23.1 Å². The van der Waals surface area contributed by atoms with Crippen molar-refractivity contribution in [2.75, 3.05) is 5.32 Å². The van der Waals surface area contributed by atoms with E-state index in [1.807, 2.05) is 31.2 Å². The van der Waals surface area contributed by atoms with Gasteiger partial charge in [-0.3, -0.25) is 9.78 Å². The molecule has 3 rings (SSSR count). The molecular weight excluding hydrogens is 355 g/mol. The van der Waals surface area contributed by atoms with Gasteiger partial charge < -0.3 is 10.6 Å². The highest BCUT2D eigenvalue weighted by molar-refractivity contribution is 5.94. The van der Waals surface area contributed by atoms with Crippen molar-refractivity contribution in [1.82, 2.24) is 10.3 Å². The minimum absolute atomic E-state index is 0.247. The summed E-state index contributed by atoms with van der Waals surface area (Å²) in [5.74, 6) is -4.55. The number of hydrogen-bond donors (Lipinski definition) is 2. The molecule has 3 aromatic rings. The lowest BCUT2D eigenvalue weighted by Crippen LogP contribution is -2.23. The van der Waals surface area contributed by atoms with E-state index in [-0.39, 0.29) is 22.8 Å². The lowest BCUT2D eigenvalue weighted by Gasteiger charge is -2.10. The molecule has 2 aromatic carbocycles. The highest BCUT2D eigenvalue weighted by atomic mass is 19.2. The largest absolute Gasteiger partial charge is 0.352 e. The van der Waals surface area contributed by atoms with E-state index in [4.69, 9.17) is 0 Å². The lowest BCUT2D eigenvalue weighted by molar-refractivity contribution is 0.0950. The zero-order chi connectivity index (χ0) is 19.4. The van der Waals surface area contributed by atoms with E-state index in [0.29, 0.717) is 6.54 Å². The van der Waals surface area contributed by atoms with Crippen LogP contribution in [0.25, 0.3) is 0 Å². The molecule has 0 bridgehead atoms. The molecule has 7 heteroatoms. The number of halogens is 3. The van der Waals surface area contributed by atoms with Gasteiger partial charge >= 0.3 is 0 Å². The summed E-state index contributed by atoms with van der Waals surface area (Å²) in [7, 11) is 0. The van der Waals surface area contributed by atoms with Crippen molar-refractivity contribution in [1.29, 1.82) is 0 Å². The van der Waals surface area contributed by atoms with Crippen LogP contribution in [0.5, 0.6) is 0 Å². The molecule has 0 unspecified atom stereocenters. The zero-order valence-corrected chi connectivity index (χ0v) is 14.4. The normalized spacial score (nSPS) is 10.5. The number of hydrogen-bond acceptors (Lipinski definition) is 3. The first-order valence-corrected chi connectivity index (χ1v) is 8.14. The Balaban J connectivity index is 1.73. The molecule has 0 radical (unpaired) electrons. The molecule has 0 aliphatic carbocycles. The third-order valence-corrected chi connectivity index (χ3v) is 4.02. The Morgan fingerprint density at radius 1 is 1.04 bits per heavy atom. The van der Waals surface area contributed by atoms with Crippen molar-refractivity contribution in [3.05, 3.63) is 89.0 Å². The van der Waals surface area contributed by atoms with E-state index < -0.39 is 17.5 Å². The van der Waals surface area contributed by atoms with E-state index in [2.05, 4.69) is 15.6 Å². The van der Waals surface area contributed by atoms with Crippen LogP contribution in [0.2, 0.25) is 0 Å². The average molecular weight is 371 g/mol. The van der Waals surface area contributed by atoms with Gasteiger partial charge in [0, 0.05) is 12.7 Å². The van der Waals surface area contributed by atoms with Crippen LogP contribution >= 0.6 is 0 Å². The van der Waals surface area contributed by atoms with Crippen LogP contribution in [0, 0.1) is 24.4 Å². The summed E-state index contributed by atoms with van der Waals surface area (Å²) < 4.78 is 40.1. The molecule has 1 amide bonds. The van der Waals surface area contributed by atoms with Gasteiger partial charge in [-0.25, -0.2) is 13.2 Å². The minimum Gasteiger partial charge on any atom is -0.352 e. The maximum Gasteiger partial charge on any atom is 0.253 e. The minimum atomic E-state index is -1.57. The predicted molar refractivity (Wildman–Crippen MR) is 96.2 cm³/mol. The summed E-state index contributed by atoms with van der Waals surface area (Å²) in [6.07, 6.45) is 2.71. The molecule has 1 aromatic heterocycles. The van der Waals surface area contributed by atoms with Crippen LogP contribution in [-0.4, -0.2) is 10.9 Å².